The number of nitrogens with one attached hydrogen (secondary N) is 1. The van der Waals surface area contributed by atoms with Gasteiger partial charge in [0.2, 0.25) is 0 Å². The second-order valence-electron chi connectivity index (χ2n) is 5.73. The van der Waals surface area contributed by atoms with E-state index in [0.717, 1.165) is 17.9 Å². The maximum absolute atomic E-state index is 12.8. The van der Waals surface area contributed by atoms with E-state index < -0.39 is 11.9 Å². The van der Waals surface area contributed by atoms with Crippen LogP contribution in [0, 0.1) is 0 Å². The molecule has 0 bridgehead atoms. The third-order valence-electron chi connectivity index (χ3n) is 4.21. The maximum Gasteiger partial charge on any atom is 0.433 e. The molecule has 1 aliphatic rings. The predicted octanol–water partition coefficient (Wildman–Crippen LogP) is 1.49. The van der Waals surface area contributed by atoms with E-state index in [-0.39, 0.29) is 11.9 Å². The Kier molecular flexibility index (Phi) is 3.44. The normalized spacial score (nSPS) is 15.4. The summed E-state index contributed by atoms with van der Waals surface area (Å²) < 4.78 is 38.3. The van der Waals surface area contributed by atoms with Crippen LogP contribution in [0.2, 0.25) is 0 Å². The molecule has 0 aliphatic carbocycles. The van der Waals surface area contributed by atoms with E-state index in [2.05, 4.69) is 29.9 Å². The number of hydrogen-bond donors (Lipinski definition) is 1. The second-order valence-corrected chi connectivity index (χ2v) is 5.73. The Labute approximate surface area is 139 Å². The Hall–Kier alpha value is -2.98. The van der Waals surface area contributed by atoms with Crippen molar-refractivity contribution in [3.05, 3.63) is 30.7 Å². The van der Waals surface area contributed by atoms with E-state index in [1.165, 1.54) is 6.33 Å². The van der Waals surface area contributed by atoms with Crippen LogP contribution in [0.3, 0.4) is 0 Å². The number of halogens is 3. The van der Waals surface area contributed by atoms with Gasteiger partial charge in [-0.3, -0.25) is 0 Å². The highest BCUT2D eigenvalue weighted by molar-refractivity contribution is 5.82. The standard InChI is InChI=1S/C14H13F3N8/c1-24(13-11-12(21-6-20-11)22-7-23-13)8-3-25(4-8)10-2-9(14(15,16)17)18-5-19-10/h2,5-8H,3-4H2,1H3,(H,20,21,22,23). The van der Waals surface area contributed by atoms with Crippen molar-refractivity contribution >= 4 is 22.8 Å². The van der Waals surface area contributed by atoms with Crippen molar-refractivity contribution in [3.8, 4) is 0 Å². The summed E-state index contributed by atoms with van der Waals surface area (Å²) in [5.41, 5.74) is 0.354. The molecule has 3 aromatic heterocycles. The molecule has 1 N–H and O–H groups in total. The fourth-order valence-electron chi connectivity index (χ4n) is 2.75. The quantitative estimate of drug-likeness (QED) is 0.766. The molecule has 0 spiro atoms. The van der Waals surface area contributed by atoms with Gasteiger partial charge in [0.1, 0.15) is 29.7 Å². The number of nitrogens with zero attached hydrogens (tertiary/aromatic N) is 7. The Bertz CT molecular complexity index is 902. The smallest absolute Gasteiger partial charge is 0.352 e. The first-order valence-electron chi connectivity index (χ1n) is 7.44. The molecule has 8 nitrogen and oxygen atoms in total. The zero-order chi connectivity index (χ0) is 17.6. The molecule has 0 saturated carbocycles. The number of H-pyrrole nitrogens is 1. The Balaban J connectivity index is 1.50. The number of aromatic amines is 1. The highest BCUT2D eigenvalue weighted by Crippen LogP contribution is 2.31. The van der Waals surface area contributed by atoms with Gasteiger partial charge in [0.15, 0.2) is 11.5 Å². The third-order valence-corrected chi connectivity index (χ3v) is 4.21. The summed E-state index contributed by atoms with van der Waals surface area (Å²) in [5, 5.41) is 0. The van der Waals surface area contributed by atoms with Crippen molar-refractivity contribution in [3.63, 3.8) is 0 Å². The molecular weight excluding hydrogens is 337 g/mol. The average molecular weight is 350 g/mol. The number of anilines is 2. The Morgan fingerprint density at radius 3 is 2.64 bits per heavy atom. The minimum Gasteiger partial charge on any atom is -0.352 e. The van der Waals surface area contributed by atoms with Crippen LogP contribution in [0.15, 0.2) is 25.0 Å². The molecule has 0 amide bonds. The Morgan fingerprint density at radius 1 is 1.12 bits per heavy atom. The fourth-order valence-corrected chi connectivity index (χ4v) is 2.75. The van der Waals surface area contributed by atoms with E-state index in [4.69, 9.17) is 0 Å². The number of rotatable bonds is 3. The summed E-state index contributed by atoms with van der Waals surface area (Å²) >= 11 is 0. The summed E-state index contributed by atoms with van der Waals surface area (Å²) in [6, 6.07) is 1.05. The van der Waals surface area contributed by atoms with Crippen LogP contribution in [0.4, 0.5) is 24.8 Å². The van der Waals surface area contributed by atoms with Gasteiger partial charge in [-0.1, -0.05) is 0 Å². The number of hydrogen-bond acceptors (Lipinski definition) is 7. The molecule has 25 heavy (non-hydrogen) atoms. The van der Waals surface area contributed by atoms with Crippen LogP contribution in [0.1, 0.15) is 5.69 Å². The van der Waals surface area contributed by atoms with E-state index in [9.17, 15) is 13.2 Å². The molecule has 4 rings (SSSR count). The summed E-state index contributed by atoms with van der Waals surface area (Å²) in [5.74, 6) is 0.965. The molecule has 1 fully saturated rings. The van der Waals surface area contributed by atoms with Gasteiger partial charge in [-0.05, 0) is 0 Å². The van der Waals surface area contributed by atoms with E-state index in [1.54, 1.807) is 11.2 Å². The Morgan fingerprint density at radius 2 is 1.88 bits per heavy atom. The molecule has 130 valence electrons. The third kappa shape index (κ3) is 2.71. The van der Waals surface area contributed by atoms with Gasteiger partial charge in [0, 0.05) is 26.2 Å². The topological polar surface area (TPSA) is 86.7 Å². The monoisotopic (exact) mass is 350 g/mol. The van der Waals surface area contributed by atoms with Crippen LogP contribution >= 0.6 is 0 Å². The molecule has 11 heteroatoms. The van der Waals surface area contributed by atoms with E-state index in [1.807, 2.05) is 11.9 Å². The van der Waals surface area contributed by atoms with Crippen LogP contribution in [-0.4, -0.2) is 56.1 Å². The molecule has 1 aliphatic heterocycles. The summed E-state index contributed by atoms with van der Waals surface area (Å²) in [6.45, 7) is 1.06. The predicted molar refractivity (Wildman–Crippen MR) is 83.1 cm³/mol. The minimum absolute atomic E-state index is 0.0886. The highest BCUT2D eigenvalue weighted by Gasteiger charge is 2.36. The lowest BCUT2D eigenvalue weighted by atomic mass is 10.1. The van der Waals surface area contributed by atoms with Gasteiger partial charge >= 0.3 is 6.18 Å². The summed E-state index contributed by atoms with van der Waals surface area (Å²) in [4.78, 5) is 26.4. The molecule has 0 atom stereocenters. The second kappa shape index (κ2) is 5.53. The van der Waals surface area contributed by atoms with Crippen molar-refractivity contribution < 1.29 is 13.2 Å². The van der Waals surface area contributed by atoms with Gasteiger partial charge in [-0.15, -0.1) is 0 Å². The molecule has 4 heterocycles. The first kappa shape index (κ1) is 15.5. The van der Waals surface area contributed by atoms with E-state index >= 15 is 0 Å². The number of imidazole rings is 1. The van der Waals surface area contributed by atoms with Crippen molar-refractivity contribution in [2.75, 3.05) is 29.9 Å². The molecule has 1 saturated heterocycles. The van der Waals surface area contributed by atoms with Gasteiger partial charge < -0.3 is 14.8 Å². The van der Waals surface area contributed by atoms with Crippen molar-refractivity contribution in [1.82, 2.24) is 29.9 Å². The number of likely N-dealkylation sites (N-methyl/N-ethyl adjacent to an activating group) is 1. The zero-order valence-corrected chi connectivity index (χ0v) is 13.1. The van der Waals surface area contributed by atoms with Gasteiger partial charge in [-0.2, -0.15) is 13.2 Å². The maximum atomic E-state index is 12.8. The zero-order valence-electron chi connectivity index (χ0n) is 13.1. The fraction of sp³-hybridized carbons (Fsp3) is 0.357. The number of fused-ring (bicyclic) bond motifs is 1. The van der Waals surface area contributed by atoms with Gasteiger partial charge in [-0.25, -0.2) is 24.9 Å². The lowest BCUT2D eigenvalue weighted by molar-refractivity contribution is -0.141. The molecule has 0 unspecified atom stereocenters. The van der Waals surface area contributed by atoms with Crippen molar-refractivity contribution in [1.29, 1.82) is 0 Å². The molecule has 0 aromatic carbocycles. The van der Waals surface area contributed by atoms with Crippen molar-refractivity contribution in [2.45, 2.75) is 12.2 Å². The highest BCUT2D eigenvalue weighted by atomic mass is 19.4. The number of alkyl halides is 3. The minimum atomic E-state index is -4.48. The number of aromatic nitrogens is 6. The first-order chi connectivity index (χ1) is 11.9. The van der Waals surface area contributed by atoms with Crippen LogP contribution in [-0.2, 0) is 6.18 Å². The SMILES string of the molecule is CN(c1ncnc2nc[nH]c12)C1CN(c2cc(C(F)(F)F)ncn2)C1. The summed E-state index contributed by atoms with van der Waals surface area (Å²) in [6.07, 6.45) is -0.561. The average Bonchev–Trinajstić information content (AvgIpc) is 3.01. The molecular formula is C14H13F3N8. The lowest BCUT2D eigenvalue weighted by Crippen LogP contribution is -2.59. The van der Waals surface area contributed by atoms with Crippen molar-refractivity contribution in [2.24, 2.45) is 0 Å². The molecule has 3 aromatic rings. The molecule has 0 radical (unpaired) electrons. The first-order valence-corrected chi connectivity index (χ1v) is 7.44. The van der Waals surface area contributed by atoms with Crippen LogP contribution in [0.5, 0.6) is 0 Å². The van der Waals surface area contributed by atoms with E-state index in [0.29, 0.717) is 24.6 Å². The largest absolute Gasteiger partial charge is 0.433 e. The van der Waals surface area contributed by atoms with Gasteiger partial charge in [0.05, 0.1) is 12.4 Å². The van der Waals surface area contributed by atoms with Crippen LogP contribution < -0.4 is 9.80 Å². The van der Waals surface area contributed by atoms with Crippen LogP contribution in [0.25, 0.3) is 11.2 Å². The lowest BCUT2D eigenvalue weighted by Gasteiger charge is -2.45. The van der Waals surface area contributed by atoms with Gasteiger partial charge in [0.25, 0.3) is 0 Å². The summed E-state index contributed by atoms with van der Waals surface area (Å²) in [7, 11) is 1.88.